The summed E-state index contributed by atoms with van der Waals surface area (Å²) in [6.07, 6.45) is 1.66. The highest BCUT2D eigenvalue weighted by atomic mass is 16.2. The van der Waals surface area contributed by atoms with Gasteiger partial charge >= 0.3 is 0 Å². The SMILES string of the molecule is N#Cc1ccc(CNC(=O)c2cc3ccnc4c3n(c2=O)CCN4)cc1. The molecule has 7 nitrogen and oxygen atoms in total. The van der Waals surface area contributed by atoms with E-state index < -0.39 is 5.91 Å². The molecule has 3 aromatic rings. The molecular formula is C19H15N5O2. The van der Waals surface area contributed by atoms with E-state index in [2.05, 4.69) is 21.7 Å². The number of hydrogen-bond donors (Lipinski definition) is 2. The Bertz CT molecular complexity index is 1110. The van der Waals surface area contributed by atoms with Gasteiger partial charge in [0.05, 0.1) is 17.1 Å². The van der Waals surface area contributed by atoms with Crippen LogP contribution < -0.4 is 16.2 Å². The summed E-state index contributed by atoms with van der Waals surface area (Å²) in [6, 6.07) is 12.4. The van der Waals surface area contributed by atoms with Gasteiger partial charge in [-0.25, -0.2) is 4.98 Å². The minimum atomic E-state index is -0.415. The zero-order chi connectivity index (χ0) is 18.1. The van der Waals surface area contributed by atoms with Gasteiger partial charge in [0.15, 0.2) is 5.82 Å². The highest BCUT2D eigenvalue weighted by Crippen LogP contribution is 2.23. The quantitative estimate of drug-likeness (QED) is 0.751. The number of carbonyl (C=O) groups is 1. The third-order valence-corrected chi connectivity index (χ3v) is 4.41. The van der Waals surface area contributed by atoms with Gasteiger partial charge < -0.3 is 15.2 Å². The monoisotopic (exact) mass is 345 g/mol. The zero-order valence-electron chi connectivity index (χ0n) is 13.8. The fourth-order valence-electron chi connectivity index (χ4n) is 3.10. The molecule has 0 fully saturated rings. The number of hydrogen-bond acceptors (Lipinski definition) is 5. The van der Waals surface area contributed by atoms with Gasteiger partial charge in [-0.05, 0) is 29.8 Å². The number of benzene rings is 1. The van der Waals surface area contributed by atoms with Crippen LogP contribution in [0.5, 0.6) is 0 Å². The summed E-state index contributed by atoms with van der Waals surface area (Å²) in [5.74, 6) is 0.247. The van der Waals surface area contributed by atoms with Gasteiger partial charge in [-0.15, -0.1) is 0 Å². The van der Waals surface area contributed by atoms with Crippen LogP contribution in [0.15, 0.2) is 47.4 Å². The summed E-state index contributed by atoms with van der Waals surface area (Å²) in [5.41, 5.74) is 1.95. The van der Waals surface area contributed by atoms with E-state index in [0.717, 1.165) is 16.5 Å². The smallest absolute Gasteiger partial charge is 0.264 e. The average Bonchev–Trinajstić information content (AvgIpc) is 2.69. The van der Waals surface area contributed by atoms with Crippen LogP contribution in [0.2, 0.25) is 0 Å². The van der Waals surface area contributed by atoms with E-state index in [4.69, 9.17) is 5.26 Å². The molecule has 0 aliphatic carbocycles. The molecule has 1 amide bonds. The van der Waals surface area contributed by atoms with Crippen LogP contribution in [-0.4, -0.2) is 22.0 Å². The lowest BCUT2D eigenvalue weighted by molar-refractivity contribution is 0.0949. The van der Waals surface area contributed by atoms with E-state index in [0.29, 0.717) is 24.5 Å². The van der Waals surface area contributed by atoms with Crippen LogP contribution in [0.4, 0.5) is 5.82 Å². The lowest BCUT2D eigenvalue weighted by Gasteiger charge is -2.20. The number of nitrogens with zero attached hydrogens (tertiary/aromatic N) is 3. The van der Waals surface area contributed by atoms with Crippen molar-refractivity contribution in [2.75, 3.05) is 11.9 Å². The van der Waals surface area contributed by atoms with E-state index in [9.17, 15) is 9.59 Å². The Morgan fingerprint density at radius 2 is 2.12 bits per heavy atom. The third kappa shape index (κ3) is 2.67. The lowest BCUT2D eigenvalue weighted by atomic mass is 10.1. The molecule has 4 rings (SSSR count). The summed E-state index contributed by atoms with van der Waals surface area (Å²) in [6.45, 7) is 1.37. The van der Waals surface area contributed by atoms with Crippen LogP contribution in [0.1, 0.15) is 21.5 Å². The molecule has 0 radical (unpaired) electrons. The Labute approximate surface area is 148 Å². The molecule has 128 valence electrons. The van der Waals surface area contributed by atoms with Crippen LogP contribution in [0.25, 0.3) is 10.9 Å². The second-order valence-corrected chi connectivity index (χ2v) is 6.03. The van der Waals surface area contributed by atoms with E-state index >= 15 is 0 Å². The Morgan fingerprint density at radius 1 is 1.31 bits per heavy atom. The van der Waals surface area contributed by atoms with Crippen molar-refractivity contribution in [3.05, 3.63) is 69.6 Å². The number of amides is 1. The van der Waals surface area contributed by atoms with Crippen molar-refractivity contribution in [1.82, 2.24) is 14.9 Å². The average molecular weight is 345 g/mol. The molecule has 2 N–H and O–H groups in total. The maximum Gasteiger partial charge on any atom is 0.264 e. The number of nitrogens with one attached hydrogen (secondary N) is 2. The standard InChI is InChI=1S/C19H15N5O2/c20-10-12-1-3-13(4-2-12)11-23-18(25)15-9-14-5-6-21-17-16(14)24(19(15)26)8-7-22-17/h1-6,9H,7-8,11H2,(H,21,22)(H,23,25). The molecule has 7 heteroatoms. The van der Waals surface area contributed by atoms with Crippen LogP contribution >= 0.6 is 0 Å². The fourth-order valence-corrected chi connectivity index (χ4v) is 3.10. The van der Waals surface area contributed by atoms with Crippen molar-refractivity contribution in [3.8, 4) is 6.07 Å². The summed E-state index contributed by atoms with van der Waals surface area (Å²) < 4.78 is 1.60. The van der Waals surface area contributed by atoms with Crippen molar-refractivity contribution in [2.45, 2.75) is 13.1 Å². The molecule has 0 bridgehead atoms. The first-order chi connectivity index (χ1) is 12.7. The fraction of sp³-hybridized carbons (Fsp3) is 0.158. The molecule has 26 heavy (non-hydrogen) atoms. The molecule has 3 heterocycles. The normalized spacial score (nSPS) is 12.3. The van der Waals surface area contributed by atoms with Gasteiger partial charge in [-0.1, -0.05) is 12.1 Å². The first-order valence-electron chi connectivity index (χ1n) is 8.21. The maximum atomic E-state index is 12.7. The van der Waals surface area contributed by atoms with E-state index in [1.165, 1.54) is 0 Å². The number of aromatic nitrogens is 2. The molecule has 0 atom stereocenters. The van der Waals surface area contributed by atoms with Gasteiger partial charge in [0.1, 0.15) is 5.56 Å². The predicted octanol–water partition coefficient (Wildman–Crippen LogP) is 1.62. The van der Waals surface area contributed by atoms with Crippen molar-refractivity contribution >= 4 is 22.6 Å². The van der Waals surface area contributed by atoms with E-state index in [1.54, 1.807) is 47.2 Å². The van der Waals surface area contributed by atoms with Crippen molar-refractivity contribution in [3.63, 3.8) is 0 Å². The summed E-state index contributed by atoms with van der Waals surface area (Å²) in [5, 5.41) is 15.6. The molecule has 1 aliphatic heterocycles. The van der Waals surface area contributed by atoms with E-state index in [-0.39, 0.29) is 17.7 Å². The first-order valence-corrected chi connectivity index (χ1v) is 8.21. The Morgan fingerprint density at radius 3 is 2.88 bits per heavy atom. The molecule has 0 saturated carbocycles. The number of carbonyl (C=O) groups excluding carboxylic acids is 1. The van der Waals surface area contributed by atoms with Gasteiger partial charge in [0.25, 0.3) is 11.5 Å². The van der Waals surface area contributed by atoms with E-state index in [1.807, 2.05) is 0 Å². The van der Waals surface area contributed by atoms with Crippen LogP contribution in [-0.2, 0) is 13.1 Å². The molecule has 1 aromatic carbocycles. The van der Waals surface area contributed by atoms with Crippen molar-refractivity contribution in [1.29, 1.82) is 5.26 Å². The first kappa shape index (κ1) is 15.8. The number of nitriles is 1. The third-order valence-electron chi connectivity index (χ3n) is 4.41. The molecule has 2 aromatic heterocycles. The Balaban J connectivity index is 1.64. The molecule has 0 saturated heterocycles. The Hall–Kier alpha value is -3.66. The van der Waals surface area contributed by atoms with Gasteiger partial charge in [0.2, 0.25) is 0 Å². The minimum absolute atomic E-state index is 0.116. The molecule has 0 spiro atoms. The number of pyridine rings is 2. The maximum absolute atomic E-state index is 12.7. The number of rotatable bonds is 3. The van der Waals surface area contributed by atoms with Crippen molar-refractivity contribution < 1.29 is 4.79 Å². The number of anilines is 1. The van der Waals surface area contributed by atoms with Crippen molar-refractivity contribution in [2.24, 2.45) is 0 Å². The van der Waals surface area contributed by atoms with Gasteiger partial charge in [-0.2, -0.15) is 5.26 Å². The summed E-state index contributed by atoms with van der Waals surface area (Å²) in [7, 11) is 0. The Kier molecular flexibility index (Phi) is 3.86. The topological polar surface area (TPSA) is 99.8 Å². The zero-order valence-corrected chi connectivity index (χ0v) is 13.8. The molecular weight excluding hydrogens is 330 g/mol. The second kappa shape index (κ2) is 6.33. The van der Waals surface area contributed by atoms with Crippen LogP contribution in [0.3, 0.4) is 0 Å². The molecule has 0 unspecified atom stereocenters. The van der Waals surface area contributed by atoms with Gasteiger partial charge in [-0.3, -0.25) is 9.59 Å². The summed E-state index contributed by atoms with van der Waals surface area (Å²) >= 11 is 0. The predicted molar refractivity (Wildman–Crippen MR) is 96.8 cm³/mol. The molecule has 1 aliphatic rings. The lowest BCUT2D eigenvalue weighted by Crippen LogP contribution is -2.35. The van der Waals surface area contributed by atoms with Gasteiger partial charge in [0, 0.05) is 31.2 Å². The second-order valence-electron chi connectivity index (χ2n) is 6.03. The summed E-state index contributed by atoms with van der Waals surface area (Å²) in [4.78, 5) is 29.6. The highest BCUT2D eigenvalue weighted by molar-refractivity contribution is 5.99. The highest BCUT2D eigenvalue weighted by Gasteiger charge is 2.20. The van der Waals surface area contributed by atoms with Crippen LogP contribution in [0, 0.1) is 11.3 Å². The largest absolute Gasteiger partial charge is 0.367 e. The minimum Gasteiger partial charge on any atom is -0.367 e.